The molecule has 138 valence electrons. The number of piperazine rings is 1. The first-order valence-corrected chi connectivity index (χ1v) is 9.41. The summed E-state index contributed by atoms with van der Waals surface area (Å²) in [6, 6.07) is 8.64. The summed E-state index contributed by atoms with van der Waals surface area (Å²) in [5.41, 5.74) is 2.12. The van der Waals surface area contributed by atoms with Crippen LogP contribution in [0, 0.1) is 5.92 Å². The van der Waals surface area contributed by atoms with Crippen LogP contribution in [0.1, 0.15) is 28.8 Å². The van der Waals surface area contributed by atoms with Gasteiger partial charge < -0.3 is 14.2 Å². The second-order valence-electron chi connectivity index (χ2n) is 7.57. The maximum absolute atomic E-state index is 13.2. The number of furan rings is 1. The van der Waals surface area contributed by atoms with Crippen molar-refractivity contribution >= 4 is 17.6 Å². The maximum Gasteiger partial charge on any atom is 0.254 e. The molecule has 2 aliphatic heterocycles. The molecule has 0 spiro atoms. The SMILES string of the molecule is O=C1Cc2ccc(-c3ccco3)cc2C(=O)N2CCN(C(=O)C3CC3)C[C@H]12. The third kappa shape index (κ3) is 2.76. The monoisotopic (exact) mass is 364 g/mol. The van der Waals surface area contributed by atoms with Crippen molar-refractivity contribution in [2.75, 3.05) is 19.6 Å². The van der Waals surface area contributed by atoms with Crippen molar-refractivity contribution in [3.05, 3.63) is 47.7 Å². The number of nitrogens with zero attached hydrogens (tertiary/aromatic N) is 2. The predicted molar refractivity (Wildman–Crippen MR) is 97.0 cm³/mol. The molecule has 1 aromatic carbocycles. The molecule has 5 rings (SSSR count). The zero-order valence-electron chi connectivity index (χ0n) is 14.9. The lowest BCUT2D eigenvalue weighted by molar-refractivity contribution is -0.137. The number of ketones is 1. The molecule has 27 heavy (non-hydrogen) atoms. The van der Waals surface area contributed by atoms with E-state index in [2.05, 4.69) is 0 Å². The molecule has 0 N–H and O–H groups in total. The number of fused-ring (bicyclic) bond motifs is 2. The summed E-state index contributed by atoms with van der Waals surface area (Å²) in [6.07, 6.45) is 3.69. The number of rotatable bonds is 2. The third-order valence-corrected chi connectivity index (χ3v) is 5.76. The molecule has 3 heterocycles. The summed E-state index contributed by atoms with van der Waals surface area (Å²) < 4.78 is 5.44. The number of hydrogen-bond donors (Lipinski definition) is 0. The summed E-state index contributed by atoms with van der Waals surface area (Å²) in [7, 11) is 0. The molecule has 0 bridgehead atoms. The largest absolute Gasteiger partial charge is 0.464 e. The first kappa shape index (κ1) is 16.3. The number of carbonyl (C=O) groups is 3. The lowest BCUT2D eigenvalue weighted by Crippen LogP contribution is -2.59. The minimum absolute atomic E-state index is 0.00106. The molecule has 2 amide bonds. The highest BCUT2D eigenvalue weighted by Gasteiger charge is 2.42. The van der Waals surface area contributed by atoms with Crippen LogP contribution in [0.2, 0.25) is 0 Å². The Balaban J connectivity index is 1.46. The minimum atomic E-state index is -0.548. The van der Waals surface area contributed by atoms with E-state index in [4.69, 9.17) is 4.42 Å². The molecular formula is C21H20N2O4. The van der Waals surface area contributed by atoms with E-state index in [0.29, 0.717) is 31.0 Å². The van der Waals surface area contributed by atoms with E-state index >= 15 is 0 Å². The van der Waals surface area contributed by atoms with Gasteiger partial charge in [0.2, 0.25) is 5.91 Å². The Morgan fingerprint density at radius 1 is 1.11 bits per heavy atom. The molecule has 3 aliphatic rings. The van der Waals surface area contributed by atoms with E-state index in [1.54, 1.807) is 22.1 Å². The van der Waals surface area contributed by atoms with Gasteiger partial charge in [-0.3, -0.25) is 14.4 Å². The summed E-state index contributed by atoms with van der Waals surface area (Å²) in [5, 5.41) is 0. The van der Waals surface area contributed by atoms with Crippen LogP contribution in [0.4, 0.5) is 0 Å². The van der Waals surface area contributed by atoms with Gasteiger partial charge in [0.25, 0.3) is 5.91 Å². The van der Waals surface area contributed by atoms with Crippen molar-refractivity contribution in [1.82, 2.24) is 9.80 Å². The molecule has 1 aliphatic carbocycles. The second-order valence-corrected chi connectivity index (χ2v) is 7.57. The van der Waals surface area contributed by atoms with E-state index < -0.39 is 6.04 Å². The van der Waals surface area contributed by atoms with Crippen molar-refractivity contribution in [2.45, 2.75) is 25.3 Å². The molecule has 1 saturated carbocycles. The first-order valence-electron chi connectivity index (χ1n) is 9.41. The molecule has 2 fully saturated rings. The van der Waals surface area contributed by atoms with E-state index in [0.717, 1.165) is 24.0 Å². The molecule has 1 saturated heterocycles. The van der Waals surface area contributed by atoms with Crippen LogP contribution >= 0.6 is 0 Å². The van der Waals surface area contributed by atoms with Gasteiger partial charge in [0, 0.05) is 43.1 Å². The van der Waals surface area contributed by atoms with Crippen molar-refractivity contribution < 1.29 is 18.8 Å². The van der Waals surface area contributed by atoms with Gasteiger partial charge in [0.15, 0.2) is 5.78 Å². The molecule has 2 aromatic rings. The highest BCUT2D eigenvalue weighted by molar-refractivity contribution is 6.04. The molecule has 0 radical (unpaired) electrons. The fourth-order valence-corrected chi connectivity index (χ4v) is 4.08. The van der Waals surface area contributed by atoms with Crippen molar-refractivity contribution in [3.63, 3.8) is 0 Å². The summed E-state index contributed by atoms with van der Waals surface area (Å²) in [6.45, 7) is 1.22. The zero-order chi connectivity index (χ0) is 18.5. The van der Waals surface area contributed by atoms with Crippen LogP contribution in [0.15, 0.2) is 41.0 Å². The number of Topliss-reactive ketones (excluding diaryl/α,β-unsaturated/α-hetero) is 1. The van der Waals surface area contributed by atoms with Crippen molar-refractivity contribution in [3.8, 4) is 11.3 Å². The number of benzene rings is 1. The smallest absolute Gasteiger partial charge is 0.254 e. The molecule has 1 atom stereocenters. The molecule has 6 heteroatoms. The van der Waals surface area contributed by atoms with E-state index in [-0.39, 0.29) is 29.9 Å². The van der Waals surface area contributed by atoms with Crippen LogP contribution in [0.5, 0.6) is 0 Å². The Morgan fingerprint density at radius 2 is 1.96 bits per heavy atom. The zero-order valence-corrected chi connectivity index (χ0v) is 14.9. The molecule has 6 nitrogen and oxygen atoms in total. The number of hydrogen-bond acceptors (Lipinski definition) is 4. The molecular weight excluding hydrogens is 344 g/mol. The summed E-state index contributed by atoms with van der Waals surface area (Å²) in [4.78, 5) is 41.9. The fourth-order valence-electron chi connectivity index (χ4n) is 4.08. The fraction of sp³-hybridized carbons (Fsp3) is 0.381. The van der Waals surface area contributed by atoms with Crippen LogP contribution in [-0.2, 0) is 16.0 Å². The normalized spacial score (nSPS) is 22.3. The molecule has 1 aromatic heterocycles. The van der Waals surface area contributed by atoms with Gasteiger partial charge in [-0.2, -0.15) is 0 Å². The number of carbonyl (C=O) groups excluding carboxylic acids is 3. The van der Waals surface area contributed by atoms with E-state index in [9.17, 15) is 14.4 Å². The van der Waals surface area contributed by atoms with Gasteiger partial charge in [-0.15, -0.1) is 0 Å². The van der Waals surface area contributed by atoms with Gasteiger partial charge >= 0.3 is 0 Å². The Morgan fingerprint density at radius 3 is 2.70 bits per heavy atom. The predicted octanol–water partition coefficient (Wildman–Crippen LogP) is 2.13. The van der Waals surface area contributed by atoms with Crippen LogP contribution in [-0.4, -0.2) is 53.1 Å². The van der Waals surface area contributed by atoms with Crippen LogP contribution < -0.4 is 0 Å². The average molecular weight is 364 g/mol. The van der Waals surface area contributed by atoms with E-state index in [1.807, 2.05) is 24.3 Å². The Bertz CT molecular complexity index is 930. The minimum Gasteiger partial charge on any atom is -0.464 e. The van der Waals surface area contributed by atoms with Crippen molar-refractivity contribution in [2.24, 2.45) is 5.92 Å². The van der Waals surface area contributed by atoms with Gasteiger partial charge in [0.05, 0.1) is 6.26 Å². The third-order valence-electron chi connectivity index (χ3n) is 5.76. The van der Waals surface area contributed by atoms with Crippen LogP contribution in [0.3, 0.4) is 0 Å². The Labute approximate surface area is 156 Å². The van der Waals surface area contributed by atoms with E-state index in [1.165, 1.54) is 0 Å². The Kier molecular flexibility index (Phi) is 3.67. The standard InChI is InChI=1S/C21H20N2O4/c24-18-11-14-5-6-15(19-2-1-9-27-19)10-16(14)21(26)23-8-7-22(12-17(18)23)20(25)13-3-4-13/h1-2,5-6,9-10,13,17H,3-4,7-8,11-12H2/t17-/m1/s1. The highest BCUT2D eigenvalue weighted by Crippen LogP contribution is 2.33. The maximum atomic E-state index is 13.2. The lowest BCUT2D eigenvalue weighted by Gasteiger charge is -2.39. The second kappa shape index (κ2) is 6.08. The Hall–Kier alpha value is -2.89. The average Bonchev–Trinajstić information content (AvgIpc) is 3.41. The van der Waals surface area contributed by atoms with Crippen LogP contribution in [0.25, 0.3) is 11.3 Å². The van der Waals surface area contributed by atoms with Gasteiger partial charge in [-0.05, 0) is 36.6 Å². The molecule has 0 unspecified atom stereocenters. The lowest BCUT2D eigenvalue weighted by atomic mass is 9.98. The van der Waals surface area contributed by atoms with Crippen molar-refractivity contribution in [1.29, 1.82) is 0 Å². The topological polar surface area (TPSA) is 70.8 Å². The quantitative estimate of drug-likeness (QED) is 0.819. The van der Waals surface area contributed by atoms with Gasteiger partial charge in [-0.1, -0.05) is 12.1 Å². The van der Waals surface area contributed by atoms with Gasteiger partial charge in [0.1, 0.15) is 11.8 Å². The first-order chi connectivity index (χ1) is 13.1. The number of amides is 2. The summed E-state index contributed by atoms with van der Waals surface area (Å²) in [5.74, 6) is 0.824. The van der Waals surface area contributed by atoms with Gasteiger partial charge in [-0.25, -0.2) is 0 Å². The summed E-state index contributed by atoms with van der Waals surface area (Å²) >= 11 is 0. The highest BCUT2D eigenvalue weighted by atomic mass is 16.3.